The van der Waals surface area contributed by atoms with E-state index in [1.807, 2.05) is 37.3 Å². The zero-order valence-electron chi connectivity index (χ0n) is 21.9. The maximum absolute atomic E-state index is 11.1. The molecule has 4 nitrogen and oxygen atoms in total. The van der Waals surface area contributed by atoms with Gasteiger partial charge in [-0.1, -0.05) is 72.2 Å². The van der Waals surface area contributed by atoms with Crippen LogP contribution in [-0.4, -0.2) is 29.5 Å². The Bertz CT molecular complexity index is 874. The van der Waals surface area contributed by atoms with Crippen LogP contribution in [0.15, 0.2) is 76.8 Å². The predicted molar refractivity (Wildman–Crippen MR) is 140 cm³/mol. The van der Waals surface area contributed by atoms with Crippen molar-refractivity contribution in [2.24, 2.45) is 11.8 Å². The molecule has 0 aliphatic heterocycles. The number of hydrogen-bond donors (Lipinski definition) is 2. The largest absolute Gasteiger partial charge is 0.495 e. The summed E-state index contributed by atoms with van der Waals surface area (Å²) in [7, 11) is 1.53. The van der Waals surface area contributed by atoms with Crippen LogP contribution in [0.2, 0.25) is 0 Å². The Morgan fingerprint density at radius 1 is 0.853 bits per heavy atom. The molecule has 1 aromatic rings. The van der Waals surface area contributed by atoms with E-state index in [2.05, 4.69) is 45.9 Å². The Morgan fingerprint density at radius 2 is 1.47 bits per heavy atom. The highest BCUT2D eigenvalue weighted by Gasteiger charge is 2.42. The van der Waals surface area contributed by atoms with Crippen LogP contribution in [0.4, 0.5) is 0 Å². The Hall–Kier alpha value is -2.30. The van der Waals surface area contributed by atoms with Crippen molar-refractivity contribution in [1.29, 1.82) is 0 Å². The highest BCUT2D eigenvalue weighted by Crippen LogP contribution is 2.38. The third kappa shape index (κ3) is 8.48. The van der Waals surface area contributed by atoms with E-state index in [-0.39, 0.29) is 11.8 Å². The van der Waals surface area contributed by atoms with E-state index in [1.165, 1.54) is 23.8 Å². The second-order valence-electron chi connectivity index (χ2n) is 9.82. The highest BCUT2D eigenvalue weighted by molar-refractivity contribution is 5.21. The lowest BCUT2D eigenvalue weighted by molar-refractivity contribution is -0.0445. The van der Waals surface area contributed by atoms with Crippen LogP contribution in [0.25, 0.3) is 0 Å². The lowest BCUT2D eigenvalue weighted by atomic mass is 9.76. The molecule has 1 aromatic carbocycles. The molecule has 4 heteroatoms. The van der Waals surface area contributed by atoms with Gasteiger partial charge in [0.05, 0.1) is 7.11 Å². The first kappa shape index (κ1) is 27.9. The molecule has 0 spiro atoms. The monoisotopic (exact) mass is 468 g/mol. The van der Waals surface area contributed by atoms with Gasteiger partial charge in [-0.2, -0.15) is 0 Å². The van der Waals surface area contributed by atoms with Gasteiger partial charge in [0.25, 0.3) is 0 Å². The average Bonchev–Trinajstić information content (AvgIpc) is 2.80. The van der Waals surface area contributed by atoms with E-state index in [9.17, 15) is 10.2 Å². The Kier molecular flexibility index (Phi) is 11.7. The summed E-state index contributed by atoms with van der Waals surface area (Å²) in [4.78, 5) is 0. The van der Waals surface area contributed by atoms with Gasteiger partial charge < -0.3 is 19.7 Å². The summed E-state index contributed by atoms with van der Waals surface area (Å²) >= 11 is 0. The van der Waals surface area contributed by atoms with E-state index in [0.717, 1.165) is 31.2 Å². The smallest absolute Gasteiger partial charge is 0.165 e. The lowest BCUT2D eigenvalue weighted by Gasteiger charge is -2.38. The van der Waals surface area contributed by atoms with E-state index in [1.54, 1.807) is 0 Å². The minimum atomic E-state index is -0.813. The number of ether oxygens (including phenoxy) is 2. The molecule has 0 fully saturated rings. The van der Waals surface area contributed by atoms with Gasteiger partial charge in [-0.05, 0) is 71.3 Å². The fourth-order valence-corrected chi connectivity index (χ4v) is 4.38. The van der Waals surface area contributed by atoms with Crippen LogP contribution in [-0.2, 0) is 16.1 Å². The van der Waals surface area contributed by atoms with Crippen LogP contribution in [0.5, 0.6) is 0 Å². The average molecular weight is 469 g/mol. The summed E-state index contributed by atoms with van der Waals surface area (Å²) in [6.45, 7) is 10.9. The number of benzene rings is 1. The molecule has 0 saturated carbocycles. The SMILES string of the molecule is COC1=C(OCc2ccccc2)C(O)C(C)C(C/C=C(\C)CC/C=C(\C)CCC=C(C)C)C1O. The first-order valence-corrected chi connectivity index (χ1v) is 12.5. The standard InChI is InChI=1S/C30H44O4/c1-21(2)12-10-13-22(3)14-11-15-23(4)18-19-26-24(5)27(31)30(29(33-6)28(26)32)34-20-25-16-8-7-9-17-25/h7-9,12,14,16-18,24,26-28,31-32H,10-11,13,15,19-20H2,1-6H3/b22-14+,23-18+. The van der Waals surface area contributed by atoms with E-state index >= 15 is 0 Å². The van der Waals surface area contributed by atoms with Gasteiger partial charge in [-0.3, -0.25) is 0 Å². The van der Waals surface area contributed by atoms with E-state index in [4.69, 9.17) is 9.47 Å². The number of allylic oxidation sites excluding steroid dienone is 6. The molecule has 0 amide bonds. The molecular formula is C30H44O4. The first-order chi connectivity index (χ1) is 16.2. The molecule has 2 N–H and O–H groups in total. The molecule has 4 atom stereocenters. The molecule has 0 radical (unpaired) electrons. The third-order valence-corrected chi connectivity index (χ3v) is 6.68. The summed E-state index contributed by atoms with van der Waals surface area (Å²) < 4.78 is 11.4. The van der Waals surface area contributed by atoms with Crippen molar-refractivity contribution in [3.05, 3.63) is 82.4 Å². The molecule has 34 heavy (non-hydrogen) atoms. The summed E-state index contributed by atoms with van der Waals surface area (Å²) in [5, 5.41) is 22.0. The van der Waals surface area contributed by atoms with Gasteiger partial charge in [0.1, 0.15) is 18.8 Å². The molecule has 1 aliphatic carbocycles. The molecule has 0 saturated heterocycles. The minimum Gasteiger partial charge on any atom is -0.495 e. The Morgan fingerprint density at radius 3 is 2.09 bits per heavy atom. The van der Waals surface area contributed by atoms with Gasteiger partial charge in [0.2, 0.25) is 0 Å². The molecule has 0 bridgehead atoms. The fraction of sp³-hybridized carbons (Fsp3) is 0.533. The van der Waals surface area contributed by atoms with Gasteiger partial charge in [0.15, 0.2) is 11.5 Å². The Labute approximate surface area is 206 Å². The van der Waals surface area contributed by atoms with Crippen LogP contribution in [0, 0.1) is 11.8 Å². The maximum atomic E-state index is 11.1. The molecule has 0 aromatic heterocycles. The summed E-state index contributed by atoms with van der Waals surface area (Å²) in [6, 6.07) is 9.79. The normalized spacial score (nSPS) is 23.6. The number of aliphatic hydroxyl groups is 2. The van der Waals surface area contributed by atoms with Crippen molar-refractivity contribution in [2.75, 3.05) is 7.11 Å². The number of aliphatic hydroxyl groups excluding tert-OH is 2. The van der Waals surface area contributed by atoms with Crippen molar-refractivity contribution in [3.8, 4) is 0 Å². The quantitative estimate of drug-likeness (QED) is 0.329. The minimum absolute atomic E-state index is 0.134. The highest BCUT2D eigenvalue weighted by atomic mass is 16.5. The van der Waals surface area contributed by atoms with Crippen LogP contribution in [0.3, 0.4) is 0 Å². The molecule has 4 unspecified atom stereocenters. The fourth-order valence-electron chi connectivity index (χ4n) is 4.38. The second-order valence-corrected chi connectivity index (χ2v) is 9.82. The summed E-state index contributed by atoms with van der Waals surface area (Å²) in [5.74, 6) is 0.399. The lowest BCUT2D eigenvalue weighted by Crippen LogP contribution is -2.42. The van der Waals surface area contributed by atoms with Gasteiger partial charge in [0, 0.05) is 5.92 Å². The van der Waals surface area contributed by atoms with Crippen LogP contribution >= 0.6 is 0 Å². The number of hydrogen-bond acceptors (Lipinski definition) is 4. The molecule has 188 valence electrons. The third-order valence-electron chi connectivity index (χ3n) is 6.68. The van der Waals surface area contributed by atoms with Crippen molar-refractivity contribution in [2.45, 2.75) is 85.5 Å². The van der Waals surface area contributed by atoms with Crippen LogP contribution < -0.4 is 0 Å². The summed E-state index contributed by atoms with van der Waals surface area (Å²) in [5.41, 5.74) is 5.11. The van der Waals surface area contributed by atoms with Gasteiger partial charge in [-0.25, -0.2) is 0 Å². The Balaban J connectivity index is 1.97. The zero-order chi connectivity index (χ0) is 25.1. The number of rotatable bonds is 12. The molecule has 0 heterocycles. The van der Waals surface area contributed by atoms with Crippen molar-refractivity contribution in [3.63, 3.8) is 0 Å². The second kappa shape index (κ2) is 14.2. The van der Waals surface area contributed by atoms with Gasteiger partial charge in [-0.15, -0.1) is 0 Å². The zero-order valence-corrected chi connectivity index (χ0v) is 21.9. The van der Waals surface area contributed by atoms with Crippen molar-refractivity contribution < 1.29 is 19.7 Å². The first-order valence-electron chi connectivity index (χ1n) is 12.5. The molecular weight excluding hydrogens is 424 g/mol. The predicted octanol–water partition coefficient (Wildman–Crippen LogP) is 6.86. The van der Waals surface area contributed by atoms with Crippen molar-refractivity contribution >= 4 is 0 Å². The van der Waals surface area contributed by atoms with Crippen molar-refractivity contribution in [1.82, 2.24) is 0 Å². The maximum Gasteiger partial charge on any atom is 0.165 e. The molecule has 1 aliphatic rings. The van der Waals surface area contributed by atoms with Crippen LogP contribution in [0.1, 0.15) is 72.3 Å². The summed E-state index contributed by atoms with van der Waals surface area (Å²) in [6.07, 6.45) is 10.1. The van der Waals surface area contributed by atoms with Gasteiger partial charge >= 0.3 is 0 Å². The molecule has 2 rings (SSSR count). The van der Waals surface area contributed by atoms with E-state index < -0.39 is 12.2 Å². The number of methoxy groups -OCH3 is 1. The van der Waals surface area contributed by atoms with E-state index in [0.29, 0.717) is 24.5 Å². The topological polar surface area (TPSA) is 58.9 Å².